The summed E-state index contributed by atoms with van der Waals surface area (Å²) in [5, 5.41) is 6.49. The second kappa shape index (κ2) is 10.8. The summed E-state index contributed by atoms with van der Waals surface area (Å²) >= 11 is 0. The molecule has 0 atom stereocenters. The fourth-order valence-electron chi connectivity index (χ4n) is 7.54. The number of hydrogen-bond acceptors (Lipinski definition) is 0. The third-order valence-corrected chi connectivity index (χ3v) is 12.0. The zero-order valence-corrected chi connectivity index (χ0v) is 27.0. The molecule has 0 aliphatic rings. The summed E-state index contributed by atoms with van der Waals surface area (Å²) in [4.78, 5) is 0. The highest BCUT2D eigenvalue weighted by Gasteiger charge is 2.25. The third kappa shape index (κ3) is 4.05. The Balaban J connectivity index is 1.33. The number of aromatic nitrogens is 3. The van der Waals surface area contributed by atoms with Crippen LogP contribution in [0.5, 0.6) is 0 Å². The van der Waals surface area contributed by atoms with Gasteiger partial charge in [0, 0.05) is 32.5 Å². The average molecular weight is 632 g/mol. The highest BCUT2D eigenvalue weighted by molar-refractivity contribution is 7.72. The number of imidazole rings is 1. The number of benzene rings is 7. The summed E-state index contributed by atoms with van der Waals surface area (Å²) in [5.41, 5.74) is 10.9. The van der Waals surface area contributed by atoms with E-state index in [4.69, 9.17) is 0 Å². The van der Waals surface area contributed by atoms with Gasteiger partial charge < -0.3 is 4.34 Å². The van der Waals surface area contributed by atoms with Crippen molar-refractivity contribution < 1.29 is 0 Å². The quantitative estimate of drug-likeness (QED) is 0.168. The standard InChI is InChI=1S/C44H30N3P/c1-4-15-31(16-5-1)32-17-14-18-33(29-32)45-41-25-12-13-26-42(41)46-39-28-27-37-36-23-10-11-24-40(36)47(44(37)38(39)30-43(45)46)48(34-19-6-2-7-20-34)35-21-8-3-9-22-35/h1-30H. The van der Waals surface area contributed by atoms with Gasteiger partial charge >= 0.3 is 0 Å². The highest BCUT2D eigenvalue weighted by atomic mass is 31.1. The minimum Gasteiger partial charge on any atom is -0.310 e. The third-order valence-electron chi connectivity index (χ3n) is 9.58. The molecule has 10 rings (SSSR count). The van der Waals surface area contributed by atoms with E-state index in [1.807, 2.05) is 0 Å². The molecular weight excluding hydrogens is 601 g/mol. The molecule has 0 spiro atoms. The lowest BCUT2D eigenvalue weighted by atomic mass is 10.1. The predicted octanol–water partition coefficient (Wildman–Crippen LogP) is 10.7. The smallest absolute Gasteiger partial charge is 0.123 e. The Morgan fingerprint density at radius 3 is 1.71 bits per heavy atom. The van der Waals surface area contributed by atoms with Gasteiger partial charge in [-0.25, -0.2) is 0 Å². The number of rotatable bonds is 5. The van der Waals surface area contributed by atoms with Gasteiger partial charge in [0.15, 0.2) is 0 Å². The Labute approximate surface area is 279 Å². The minimum absolute atomic E-state index is 0.912. The Bertz CT molecular complexity index is 2730. The van der Waals surface area contributed by atoms with Crippen LogP contribution in [0.2, 0.25) is 0 Å². The molecule has 0 fully saturated rings. The highest BCUT2D eigenvalue weighted by Crippen LogP contribution is 2.47. The first kappa shape index (κ1) is 27.2. The number of fused-ring (bicyclic) bond motifs is 9. The van der Waals surface area contributed by atoms with Crippen LogP contribution in [-0.2, 0) is 0 Å². The van der Waals surface area contributed by atoms with Gasteiger partial charge in [-0.2, -0.15) is 0 Å². The maximum absolute atomic E-state index is 2.65. The van der Waals surface area contributed by atoms with E-state index in [2.05, 4.69) is 195 Å². The molecule has 3 heterocycles. The van der Waals surface area contributed by atoms with Crippen LogP contribution in [0.25, 0.3) is 66.2 Å². The molecule has 0 aliphatic heterocycles. The first-order valence-corrected chi connectivity index (χ1v) is 17.7. The number of hydrogen-bond donors (Lipinski definition) is 0. The molecule has 10 aromatic rings. The summed E-state index contributed by atoms with van der Waals surface area (Å²) in [6.07, 6.45) is 0. The molecule has 0 aliphatic carbocycles. The molecule has 0 saturated heterocycles. The van der Waals surface area contributed by atoms with Crippen LogP contribution in [0, 0.1) is 0 Å². The van der Waals surface area contributed by atoms with E-state index >= 15 is 0 Å². The first-order chi connectivity index (χ1) is 23.8. The van der Waals surface area contributed by atoms with Crippen molar-refractivity contribution in [3.63, 3.8) is 0 Å². The number of nitrogens with zero attached hydrogens (tertiary/aromatic N) is 3. The summed E-state index contributed by atoms with van der Waals surface area (Å²) in [5.74, 6) is 0. The van der Waals surface area contributed by atoms with Gasteiger partial charge in [-0.3, -0.25) is 8.97 Å². The molecule has 0 saturated carbocycles. The molecule has 0 amide bonds. The van der Waals surface area contributed by atoms with Crippen molar-refractivity contribution in [2.45, 2.75) is 0 Å². The van der Waals surface area contributed by atoms with E-state index in [9.17, 15) is 0 Å². The first-order valence-electron chi connectivity index (χ1n) is 16.4. The molecule has 3 nitrogen and oxygen atoms in total. The monoisotopic (exact) mass is 631 g/mol. The molecule has 4 heteroatoms. The molecule has 3 aromatic heterocycles. The van der Waals surface area contributed by atoms with E-state index in [0.717, 1.165) is 11.3 Å². The SMILES string of the molecule is c1ccc(-c2cccc(-n3c4ccccc4n4c5ccc6c7ccccc7n(P(c7ccccc7)c7ccccc7)c6c5cc34)c2)cc1. The van der Waals surface area contributed by atoms with E-state index in [1.165, 1.54) is 65.5 Å². The molecular formula is C44H30N3P. The Kier molecular flexibility index (Phi) is 6.15. The topological polar surface area (TPSA) is 14.3 Å². The predicted molar refractivity (Wildman–Crippen MR) is 205 cm³/mol. The number of para-hydroxylation sites is 3. The Hall–Kier alpha value is -5.89. The maximum atomic E-state index is 2.65. The molecule has 0 bridgehead atoms. The average Bonchev–Trinajstić information content (AvgIpc) is 3.80. The zero-order valence-electron chi connectivity index (χ0n) is 26.1. The van der Waals surface area contributed by atoms with Crippen molar-refractivity contribution in [2.75, 3.05) is 0 Å². The lowest BCUT2D eigenvalue weighted by Gasteiger charge is -2.23. The van der Waals surface area contributed by atoms with Crippen LogP contribution in [0.4, 0.5) is 0 Å². The van der Waals surface area contributed by atoms with E-state index in [0.29, 0.717) is 0 Å². The van der Waals surface area contributed by atoms with Crippen LogP contribution in [0.15, 0.2) is 182 Å². The van der Waals surface area contributed by atoms with Gasteiger partial charge in [0.05, 0.1) is 35.7 Å². The van der Waals surface area contributed by atoms with Gasteiger partial charge in [-0.05, 0) is 53.6 Å². The van der Waals surface area contributed by atoms with Gasteiger partial charge in [0.25, 0.3) is 0 Å². The summed E-state index contributed by atoms with van der Waals surface area (Å²) in [7, 11) is -0.912. The molecule has 0 unspecified atom stereocenters. The van der Waals surface area contributed by atoms with Crippen LogP contribution >= 0.6 is 8.07 Å². The van der Waals surface area contributed by atoms with Gasteiger partial charge in [0.2, 0.25) is 0 Å². The maximum Gasteiger partial charge on any atom is 0.123 e. The van der Waals surface area contributed by atoms with Crippen molar-refractivity contribution in [3.05, 3.63) is 182 Å². The van der Waals surface area contributed by atoms with Gasteiger partial charge in [-0.15, -0.1) is 0 Å². The normalized spacial score (nSPS) is 11.9. The largest absolute Gasteiger partial charge is 0.310 e. The fraction of sp³-hybridized carbons (Fsp3) is 0. The van der Waals surface area contributed by atoms with Crippen LogP contribution < -0.4 is 10.6 Å². The Morgan fingerprint density at radius 1 is 0.375 bits per heavy atom. The van der Waals surface area contributed by atoms with Crippen LogP contribution in [0.3, 0.4) is 0 Å². The van der Waals surface area contributed by atoms with Gasteiger partial charge in [0.1, 0.15) is 5.65 Å². The molecule has 0 radical (unpaired) electrons. The minimum atomic E-state index is -0.912. The lowest BCUT2D eigenvalue weighted by Crippen LogP contribution is -2.16. The molecule has 7 aromatic carbocycles. The van der Waals surface area contributed by atoms with Crippen molar-refractivity contribution in [3.8, 4) is 16.8 Å². The zero-order chi connectivity index (χ0) is 31.6. The van der Waals surface area contributed by atoms with E-state index in [-0.39, 0.29) is 0 Å². The molecule has 226 valence electrons. The second-order valence-electron chi connectivity index (χ2n) is 12.3. The molecule has 0 N–H and O–H groups in total. The van der Waals surface area contributed by atoms with Crippen molar-refractivity contribution in [1.29, 1.82) is 0 Å². The van der Waals surface area contributed by atoms with E-state index < -0.39 is 8.07 Å². The van der Waals surface area contributed by atoms with Crippen LogP contribution in [0.1, 0.15) is 0 Å². The van der Waals surface area contributed by atoms with E-state index in [1.54, 1.807) is 0 Å². The second-order valence-corrected chi connectivity index (χ2v) is 14.3. The fourth-order valence-corrected chi connectivity index (χ4v) is 10.0. The van der Waals surface area contributed by atoms with Crippen molar-refractivity contribution >= 4 is 68.1 Å². The van der Waals surface area contributed by atoms with Crippen molar-refractivity contribution in [1.82, 2.24) is 13.3 Å². The van der Waals surface area contributed by atoms with Crippen molar-refractivity contribution in [2.24, 2.45) is 0 Å². The van der Waals surface area contributed by atoms with Gasteiger partial charge in [-0.1, -0.05) is 140 Å². The Morgan fingerprint density at radius 2 is 0.979 bits per heavy atom. The summed E-state index contributed by atoms with van der Waals surface area (Å²) < 4.78 is 7.53. The van der Waals surface area contributed by atoms with Crippen LogP contribution in [-0.4, -0.2) is 13.3 Å². The summed E-state index contributed by atoms with van der Waals surface area (Å²) in [6, 6.07) is 66.4. The lowest BCUT2D eigenvalue weighted by molar-refractivity contribution is 1.15. The summed E-state index contributed by atoms with van der Waals surface area (Å²) in [6.45, 7) is 0. The molecule has 48 heavy (non-hydrogen) atoms.